The van der Waals surface area contributed by atoms with Gasteiger partial charge in [0, 0.05) is 18.2 Å². The molecule has 3 nitrogen and oxygen atoms in total. The summed E-state index contributed by atoms with van der Waals surface area (Å²) < 4.78 is 5.07. The molecule has 0 aromatic carbocycles. The van der Waals surface area contributed by atoms with E-state index in [0.717, 1.165) is 16.2 Å². The Morgan fingerprint density at radius 2 is 2.31 bits per heavy atom. The Bertz CT molecular complexity index is 302. The van der Waals surface area contributed by atoms with Gasteiger partial charge in [-0.2, -0.15) is 0 Å². The van der Waals surface area contributed by atoms with Crippen molar-refractivity contribution in [2.75, 3.05) is 13.4 Å². The van der Waals surface area contributed by atoms with E-state index in [4.69, 9.17) is 10.5 Å². The predicted molar refractivity (Wildman–Crippen MR) is 55.2 cm³/mol. The molecule has 0 saturated carbocycles. The molecule has 72 valence electrons. The number of nitrogens with two attached hydrogens (primary N) is 1. The highest BCUT2D eigenvalue weighted by molar-refractivity contribution is 7.98. The maximum absolute atomic E-state index is 5.62. The van der Waals surface area contributed by atoms with E-state index in [1.807, 2.05) is 19.2 Å². The lowest BCUT2D eigenvalue weighted by atomic mass is 10.1. The third-order valence-corrected chi connectivity index (χ3v) is 2.62. The van der Waals surface area contributed by atoms with Crippen molar-refractivity contribution in [1.82, 2.24) is 4.98 Å². The Morgan fingerprint density at radius 3 is 2.77 bits per heavy atom. The van der Waals surface area contributed by atoms with Crippen LogP contribution in [0.2, 0.25) is 0 Å². The first kappa shape index (κ1) is 10.3. The molecule has 1 rings (SSSR count). The molecule has 0 unspecified atom stereocenters. The molecule has 0 spiro atoms. The maximum atomic E-state index is 5.62. The second-order valence-electron chi connectivity index (χ2n) is 2.67. The van der Waals surface area contributed by atoms with E-state index in [9.17, 15) is 0 Å². The zero-order valence-corrected chi connectivity index (χ0v) is 8.94. The summed E-state index contributed by atoms with van der Waals surface area (Å²) in [5.41, 5.74) is 7.87. The predicted octanol–water partition coefficient (Wildman–Crippen LogP) is 1.58. The van der Waals surface area contributed by atoms with Crippen molar-refractivity contribution in [2.24, 2.45) is 5.73 Å². The van der Waals surface area contributed by atoms with Crippen molar-refractivity contribution in [1.29, 1.82) is 0 Å². The van der Waals surface area contributed by atoms with Crippen LogP contribution in [0.5, 0.6) is 5.88 Å². The molecule has 0 aliphatic heterocycles. The first-order chi connectivity index (χ1) is 6.22. The molecule has 0 atom stereocenters. The molecule has 0 radical (unpaired) electrons. The van der Waals surface area contributed by atoms with Gasteiger partial charge in [0.05, 0.1) is 7.11 Å². The second-order valence-corrected chi connectivity index (χ2v) is 3.47. The van der Waals surface area contributed by atoms with Crippen LogP contribution in [0.25, 0.3) is 0 Å². The number of methoxy groups -OCH3 is 1. The monoisotopic (exact) mass is 198 g/mol. The minimum Gasteiger partial charge on any atom is -0.481 e. The average molecular weight is 198 g/mol. The van der Waals surface area contributed by atoms with Crippen molar-refractivity contribution < 1.29 is 4.74 Å². The fraction of sp³-hybridized carbons (Fsp3) is 0.444. The normalized spacial score (nSPS) is 10.2. The fourth-order valence-corrected chi connectivity index (χ4v) is 1.83. The van der Waals surface area contributed by atoms with Gasteiger partial charge < -0.3 is 10.5 Å². The minimum absolute atomic E-state index is 0.527. The van der Waals surface area contributed by atoms with Crippen LogP contribution >= 0.6 is 11.8 Å². The van der Waals surface area contributed by atoms with Gasteiger partial charge in [0.25, 0.3) is 0 Å². The Morgan fingerprint density at radius 1 is 1.62 bits per heavy atom. The quantitative estimate of drug-likeness (QED) is 0.749. The molecule has 0 aliphatic carbocycles. The van der Waals surface area contributed by atoms with Gasteiger partial charge >= 0.3 is 0 Å². The molecule has 0 amide bonds. The second kappa shape index (κ2) is 4.48. The molecule has 4 heteroatoms. The molecule has 0 aliphatic rings. The van der Waals surface area contributed by atoms with E-state index in [-0.39, 0.29) is 0 Å². The molecular formula is C9H14N2OS. The summed E-state index contributed by atoms with van der Waals surface area (Å²) >= 11 is 1.59. The lowest BCUT2D eigenvalue weighted by Gasteiger charge is -2.09. The molecule has 0 fully saturated rings. The summed E-state index contributed by atoms with van der Waals surface area (Å²) in [5, 5.41) is 0.958. The largest absolute Gasteiger partial charge is 0.481 e. The number of rotatable bonds is 3. The van der Waals surface area contributed by atoms with Crippen LogP contribution in [0, 0.1) is 6.92 Å². The molecule has 1 aromatic rings. The molecular weight excluding hydrogens is 184 g/mol. The number of aryl methyl sites for hydroxylation is 1. The first-order valence-electron chi connectivity index (χ1n) is 4.01. The molecule has 1 aromatic heterocycles. The summed E-state index contributed by atoms with van der Waals surface area (Å²) in [5.74, 6) is 0.652. The third kappa shape index (κ3) is 2.14. The lowest BCUT2D eigenvalue weighted by Crippen LogP contribution is -2.04. The zero-order chi connectivity index (χ0) is 9.84. The van der Waals surface area contributed by atoms with E-state index in [2.05, 4.69) is 4.98 Å². The lowest BCUT2D eigenvalue weighted by molar-refractivity contribution is 0.393. The number of nitrogens with zero attached hydrogens (tertiary/aromatic N) is 1. The molecule has 0 bridgehead atoms. The van der Waals surface area contributed by atoms with Gasteiger partial charge in [-0.3, -0.25) is 0 Å². The van der Waals surface area contributed by atoms with Crippen LogP contribution in [0.1, 0.15) is 11.1 Å². The highest BCUT2D eigenvalue weighted by Crippen LogP contribution is 2.24. The van der Waals surface area contributed by atoms with Crippen LogP contribution in [-0.2, 0) is 6.54 Å². The number of pyridine rings is 1. The SMILES string of the molecule is COc1cc(C)c(CN)c(SC)n1. The van der Waals surface area contributed by atoms with Crippen molar-refractivity contribution in [3.63, 3.8) is 0 Å². The molecule has 13 heavy (non-hydrogen) atoms. The van der Waals surface area contributed by atoms with Gasteiger partial charge in [0.2, 0.25) is 5.88 Å². The topological polar surface area (TPSA) is 48.1 Å². The highest BCUT2D eigenvalue weighted by atomic mass is 32.2. The van der Waals surface area contributed by atoms with Crippen molar-refractivity contribution in [2.45, 2.75) is 18.5 Å². The van der Waals surface area contributed by atoms with Crippen molar-refractivity contribution >= 4 is 11.8 Å². The maximum Gasteiger partial charge on any atom is 0.214 e. The Kier molecular flexibility index (Phi) is 3.57. The number of hydrogen-bond donors (Lipinski definition) is 1. The van der Waals surface area contributed by atoms with E-state index in [1.54, 1.807) is 18.9 Å². The minimum atomic E-state index is 0.527. The van der Waals surface area contributed by atoms with Gasteiger partial charge in [-0.25, -0.2) is 4.98 Å². The first-order valence-corrected chi connectivity index (χ1v) is 5.24. The van der Waals surface area contributed by atoms with Crippen molar-refractivity contribution in [3.05, 3.63) is 17.2 Å². The third-order valence-electron chi connectivity index (χ3n) is 1.89. The van der Waals surface area contributed by atoms with E-state index in [1.165, 1.54) is 0 Å². The number of ether oxygens (including phenoxy) is 1. The van der Waals surface area contributed by atoms with Crippen LogP contribution in [0.3, 0.4) is 0 Å². The van der Waals surface area contributed by atoms with Crippen LogP contribution in [0.15, 0.2) is 11.1 Å². The summed E-state index contributed by atoms with van der Waals surface area (Å²) in [4.78, 5) is 4.30. The molecule has 2 N–H and O–H groups in total. The standard InChI is InChI=1S/C9H14N2OS/c1-6-4-8(12-2)11-9(13-3)7(6)5-10/h4H,5,10H2,1-3H3. The Hall–Kier alpha value is -0.740. The zero-order valence-electron chi connectivity index (χ0n) is 8.13. The molecule has 0 saturated heterocycles. The van der Waals surface area contributed by atoms with Gasteiger partial charge in [-0.05, 0) is 18.7 Å². The summed E-state index contributed by atoms with van der Waals surface area (Å²) in [6.07, 6.45) is 1.99. The smallest absolute Gasteiger partial charge is 0.214 e. The van der Waals surface area contributed by atoms with Crippen molar-refractivity contribution in [3.8, 4) is 5.88 Å². The van der Waals surface area contributed by atoms with E-state index < -0.39 is 0 Å². The number of aromatic nitrogens is 1. The fourth-order valence-electron chi connectivity index (χ4n) is 1.16. The summed E-state index contributed by atoms with van der Waals surface area (Å²) in [6.45, 7) is 2.55. The van der Waals surface area contributed by atoms with E-state index >= 15 is 0 Å². The van der Waals surface area contributed by atoms with Crippen LogP contribution in [0.4, 0.5) is 0 Å². The summed E-state index contributed by atoms with van der Waals surface area (Å²) in [7, 11) is 1.62. The average Bonchev–Trinajstić information content (AvgIpc) is 2.16. The summed E-state index contributed by atoms with van der Waals surface area (Å²) in [6, 6.07) is 1.90. The van der Waals surface area contributed by atoms with Gasteiger partial charge in [-0.1, -0.05) is 0 Å². The Labute approximate surface area is 82.7 Å². The van der Waals surface area contributed by atoms with Crippen LogP contribution < -0.4 is 10.5 Å². The van der Waals surface area contributed by atoms with Crippen LogP contribution in [-0.4, -0.2) is 18.3 Å². The van der Waals surface area contributed by atoms with Gasteiger partial charge in [0.1, 0.15) is 5.03 Å². The highest BCUT2D eigenvalue weighted by Gasteiger charge is 2.07. The molecule has 1 heterocycles. The Balaban J connectivity index is 3.20. The van der Waals surface area contributed by atoms with Gasteiger partial charge in [-0.15, -0.1) is 11.8 Å². The number of thioether (sulfide) groups is 1. The number of hydrogen-bond acceptors (Lipinski definition) is 4. The van der Waals surface area contributed by atoms with E-state index in [0.29, 0.717) is 12.4 Å². The van der Waals surface area contributed by atoms with Gasteiger partial charge in [0.15, 0.2) is 0 Å².